The number of nitrogens with zero attached hydrogens (tertiary/aromatic N) is 1. The number of carbonyl (C=O) groups is 1. The van der Waals surface area contributed by atoms with E-state index in [0.29, 0.717) is 17.7 Å². The van der Waals surface area contributed by atoms with E-state index in [1.165, 1.54) is 17.8 Å². The highest BCUT2D eigenvalue weighted by Crippen LogP contribution is 2.12. The summed E-state index contributed by atoms with van der Waals surface area (Å²) in [6, 6.07) is 1.49. The van der Waals surface area contributed by atoms with Gasteiger partial charge in [0, 0.05) is 11.8 Å². The van der Waals surface area contributed by atoms with E-state index >= 15 is 0 Å². The maximum atomic E-state index is 11.5. The van der Waals surface area contributed by atoms with Crippen LogP contribution in [0.2, 0.25) is 0 Å². The van der Waals surface area contributed by atoms with Gasteiger partial charge >= 0.3 is 5.97 Å². The molecule has 106 valence electrons. The monoisotopic (exact) mass is 284 g/mol. The lowest BCUT2D eigenvalue weighted by atomic mass is 10.2. The second-order valence-corrected chi connectivity index (χ2v) is 5.62. The van der Waals surface area contributed by atoms with E-state index in [0.717, 1.165) is 18.5 Å². The van der Waals surface area contributed by atoms with Crippen molar-refractivity contribution < 1.29 is 9.53 Å². The molecule has 0 radical (unpaired) electrons. The van der Waals surface area contributed by atoms with Crippen LogP contribution < -0.4 is 5.56 Å². The number of carbonyl (C=O) groups excluding carboxylic acids is 1. The minimum absolute atomic E-state index is 0.158. The van der Waals surface area contributed by atoms with Crippen LogP contribution in [0.1, 0.15) is 32.9 Å². The summed E-state index contributed by atoms with van der Waals surface area (Å²) in [5.41, 5.74) is 0.570. The van der Waals surface area contributed by atoms with E-state index in [2.05, 4.69) is 9.97 Å². The highest BCUT2D eigenvalue weighted by atomic mass is 32.2. The van der Waals surface area contributed by atoms with E-state index in [-0.39, 0.29) is 17.3 Å². The van der Waals surface area contributed by atoms with Gasteiger partial charge in [-0.15, -0.1) is 0 Å². The van der Waals surface area contributed by atoms with Crippen molar-refractivity contribution in [1.82, 2.24) is 9.97 Å². The van der Waals surface area contributed by atoms with Crippen molar-refractivity contribution >= 4 is 17.7 Å². The average Bonchev–Trinajstić information content (AvgIpc) is 2.33. The first-order valence-corrected chi connectivity index (χ1v) is 7.38. The van der Waals surface area contributed by atoms with Crippen molar-refractivity contribution in [1.29, 1.82) is 0 Å². The Morgan fingerprint density at radius 3 is 2.89 bits per heavy atom. The molecule has 1 aromatic heterocycles. The molecule has 0 aromatic carbocycles. The maximum Gasteiger partial charge on any atom is 0.316 e. The summed E-state index contributed by atoms with van der Waals surface area (Å²) in [5.74, 6) is 0.188. The lowest BCUT2D eigenvalue weighted by Crippen LogP contribution is -2.14. The normalized spacial score (nSPS) is 10.7. The fourth-order valence-electron chi connectivity index (χ4n) is 1.36. The minimum Gasteiger partial charge on any atom is -0.465 e. The molecule has 19 heavy (non-hydrogen) atoms. The molecule has 0 unspecified atom stereocenters. The van der Waals surface area contributed by atoms with Gasteiger partial charge in [-0.25, -0.2) is 4.98 Å². The average molecular weight is 284 g/mol. The van der Waals surface area contributed by atoms with Crippen LogP contribution in [0.15, 0.2) is 16.0 Å². The van der Waals surface area contributed by atoms with Gasteiger partial charge in [-0.3, -0.25) is 9.59 Å². The molecule has 0 amide bonds. The van der Waals surface area contributed by atoms with Crippen molar-refractivity contribution in [3.8, 4) is 0 Å². The van der Waals surface area contributed by atoms with Crippen molar-refractivity contribution in [3.05, 3.63) is 22.1 Å². The Kier molecular flexibility index (Phi) is 6.62. The molecule has 0 atom stereocenters. The molecular weight excluding hydrogens is 264 g/mol. The molecule has 1 aromatic rings. The quantitative estimate of drug-likeness (QED) is 0.471. The third-order valence-electron chi connectivity index (χ3n) is 2.18. The van der Waals surface area contributed by atoms with Crippen LogP contribution >= 0.6 is 11.8 Å². The number of H-pyrrole nitrogens is 1. The molecule has 1 N–H and O–H groups in total. The zero-order chi connectivity index (χ0) is 14.3. The van der Waals surface area contributed by atoms with Crippen LogP contribution in [-0.2, 0) is 16.0 Å². The van der Waals surface area contributed by atoms with Crippen LogP contribution in [-0.4, -0.2) is 28.3 Å². The zero-order valence-corrected chi connectivity index (χ0v) is 12.4. The summed E-state index contributed by atoms with van der Waals surface area (Å²) in [7, 11) is 0. The zero-order valence-electron chi connectivity index (χ0n) is 11.6. The molecule has 0 bridgehead atoms. The maximum absolute atomic E-state index is 11.5. The van der Waals surface area contributed by atoms with E-state index in [9.17, 15) is 9.59 Å². The SMILES string of the molecule is CCCc1cc(=O)[nH]c(SCC(=O)OCC(C)C)n1. The number of aryl methyl sites for hydroxylation is 1. The molecule has 0 saturated heterocycles. The molecule has 0 saturated carbocycles. The molecule has 0 aliphatic rings. The van der Waals surface area contributed by atoms with Crippen LogP contribution in [0.3, 0.4) is 0 Å². The van der Waals surface area contributed by atoms with Gasteiger partial charge < -0.3 is 9.72 Å². The number of rotatable bonds is 7. The molecule has 0 fully saturated rings. The number of thioether (sulfide) groups is 1. The van der Waals surface area contributed by atoms with E-state index < -0.39 is 0 Å². The topological polar surface area (TPSA) is 72.0 Å². The lowest BCUT2D eigenvalue weighted by Gasteiger charge is -2.07. The number of aromatic amines is 1. The van der Waals surface area contributed by atoms with Gasteiger partial charge in [0.05, 0.1) is 12.4 Å². The lowest BCUT2D eigenvalue weighted by molar-refractivity contribution is -0.141. The molecular formula is C13H20N2O3S. The number of nitrogens with one attached hydrogen (secondary N) is 1. The first-order chi connectivity index (χ1) is 9.01. The fourth-order valence-corrected chi connectivity index (χ4v) is 2.06. The van der Waals surface area contributed by atoms with Crippen molar-refractivity contribution in [2.75, 3.05) is 12.4 Å². The fraction of sp³-hybridized carbons (Fsp3) is 0.615. The third kappa shape index (κ3) is 6.42. The standard InChI is InChI=1S/C13H20N2O3S/c1-4-5-10-6-11(16)15-13(14-10)19-8-12(17)18-7-9(2)3/h6,9H,4-5,7-8H2,1-3H3,(H,14,15,16). The Morgan fingerprint density at radius 1 is 1.53 bits per heavy atom. The third-order valence-corrected chi connectivity index (χ3v) is 3.03. The molecule has 1 rings (SSSR count). The van der Waals surface area contributed by atoms with Crippen molar-refractivity contribution in [3.63, 3.8) is 0 Å². The molecule has 0 spiro atoms. The highest BCUT2D eigenvalue weighted by Gasteiger charge is 2.08. The Bertz CT molecular complexity index is 471. The summed E-state index contributed by atoms with van der Waals surface area (Å²) < 4.78 is 5.05. The van der Waals surface area contributed by atoms with E-state index in [4.69, 9.17) is 4.74 Å². The number of hydrogen-bond acceptors (Lipinski definition) is 5. The number of esters is 1. The highest BCUT2D eigenvalue weighted by molar-refractivity contribution is 7.99. The summed E-state index contributed by atoms with van der Waals surface area (Å²) in [6.07, 6.45) is 1.69. The predicted molar refractivity (Wildman–Crippen MR) is 75.4 cm³/mol. The molecule has 1 heterocycles. The van der Waals surface area contributed by atoms with Crippen LogP contribution in [0, 0.1) is 5.92 Å². The van der Waals surface area contributed by atoms with Gasteiger partial charge in [0.15, 0.2) is 5.16 Å². The predicted octanol–water partition coefficient (Wildman–Crippen LogP) is 2.01. The molecule has 0 aliphatic heterocycles. The molecule has 6 heteroatoms. The first-order valence-electron chi connectivity index (χ1n) is 6.40. The Hall–Kier alpha value is -1.30. The van der Waals surface area contributed by atoms with E-state index in [1.807, 2.05) is 20.8 Å². The Balaban J connectivity index is 2.52. The second-order valence-electron chi connectivity index (χ2n) is 4.66. The van der Waals surface area contributed by atoms with Crippen LogP contribution in [0.5, 0.6) is 0 Å². The summed E-state index contributed by atoms with van der Waals surface area (Å²) in [4.78, 5) is 29.8. The Labute approximate surface area is 117 Å². The summed E-state index contributed by atoms with van der Waals surface area (Å²) in [5, 5.41) is 0.470. The summed E-state index contributed by atoms with van der Waals surface area (Å²) in [6.45, 7) is 6.40. The second kappa shape index (κ2) is 7.99. The van der Waals surface area contributed by atoms with Crippen LogP contribution in [0.25, 0.3) is 0 Å². The van der Waals surface area contributed by atoms with Gasteiger partial charge in [-0.1, -0.05) is 39.0 Å². The van der Waals surface area contributed by atoms with E-state index in [1.54, 1.807) is 0 Å². The van der Waals surface area contributed by atoms with Crippen molar-refractivity contribution in [2.45, 2.75) is 38.8 Å². The Morgan fingerprint density at radius 2 is 2.26 bits per heavy atom. The summed E-state index contributed by atoms with van der Waals surface area (Å²) >= 11 is 1.19. The molecule has 5 nitrogen and oxygen atoms in total. The van der Waals surface area contributed by atoms with Gasteiger partial charge in [-0.05, 0) is 12.3 Å². The van der Waals surface area contributed by atoms with Gasteiger partial charge in [0.25, 0.3) is 5.56 Å². The van der Waals surface area contributed by atoms with Crippen molar-refractivity contribution in [2.24, 2.45) is 5.92 Å². The van der Waals surface area contributed by atoms with Gasteiger partial charge in [0.2, 0.25) is 0 Å². The van der Waals surface area contributed by atoms with Gasteiger partial charge in [-0.2, -0.15) is 0 Å². The number of ether oxygens (including phenoxy) is 1. The number of aromatic nitrogens is 2. The largest absolute Gasteiger partial charge is 0.465 e. The first kappa shape index (κ1) is 15.8. The van der Waals surface area contributed by atoms with Gasteiger partial charge in [0.1, 0.15) is 0 Å². The molecule has 0 aliphatic carbocycles. The minimum atomic E-state index is -0.290. The smallest absolute Gasteiger partial charge is 0.316 e. The van der Waals surface area contributed by atoms with Crippen LogP contribution in [0.4, 0.5) is 0 Å². The number of hydrogen-bond donors (Lipinski definition) is 1.